The molecule has 2 N–H and O–H groups in total. The number of benzene rings is 1. The van der Waals surface area contributed by atoms with Crippen LogP contribution in [0.25, 0.3) is 0 Å². The van der Waals surface area contributed by atoms with Gasteiger partial charge in [-0.3, -0.25) is 0 Å². The minimum Gasteiger partial charge on any atom is -0.338 e. The maximum Gasteiger partial charge on any atom is 0.244 e. The van der Waals surface area contributed by atoms with Crippen LogP contribution in [0.1, 0.15) is 38.5 Å². The van der Waals surface area contributed by atoms with Crippen LogP contribution in [0.4, 0.5) is 0 Å². The molecule has 2 rings (SSSR count). The molecular weight excluding hydrogens is 338 g/mol. The summed E-state index contributed by atoms with van der Waals surface area (Å²) in [5.41, 5.74) is 6.01. The van der Waals surface area contributed by atoms with E-state index in [1.807, 2.05) is 12.1 Å². The Morgan fingerprint density at radius 3 is 2.55 bits per heavy atom. The van der Waals surface area contributed by atoms with E-state index >= 15 is 0 Å². The van der Waals surface area contributed by atoms with E-state index in [9.17, 15) is 0 Å². The van der Waals surface area contributed by atoms with Gasteiger partial charge in [0, 0.05) is 9.37 Å². The van der Waals surface area contributed by atoms with Crippen LogP contribution in [-0.4, -0.2) is 10.1 Å². The highest BCUT2D eigenvalue weighted by Gasteiger charge is 2.27. The topological polar surface area (TPSA) is 64.9 Å². The minimum absolute atomic E-state index is 0.0946. The van der Waals surface area contributed by atoms with E-state index in [1.54, 1.807) is 11.8 Å². The van der Waals surface area contributed by atoms with Crippen molar-refractivity contribution in [2.45, 2.75) is 37.5 Å². The van der Waals surface area contributed by atoms with Crippen molar-refractivity contribution in [3.05, 3.63) is 40.5 Å². The lowest BCUT2D eigenvalue weighted by atomic mass is 9.87. The number of nitrogens with zero attached hydrogens (tertiary/aromatic N) is 2. The van der Waals surface area contributed by atoms with Gasteiger partial charge in [-0.15, -0.1) is 11.8 Å². The molecule has 0 fully saturated rings. The third kappa shape index (κ3) is 4.07. The SMILES string of the molecule is CC(C)(C)[C@@H](N)c1nc(CSc2ccc(Br)cc2)no1. The van der Waals surface area contributed by atoms with E-state index < -0.39 is 0 Å². The summed E-state index contributed by atoms with van der Waals surface area (Å²) < 4.78 is 6.32. The molecule has 1 atom stereocenters. The first kappa shape index (κ1) is 15.5. The Labute approximate surface area is 131 Å². The zero-order chi connectivity index (χ0) is 14.8. The highest BCUT2D eigenvalue weighted by molar-refractivity contribution is 9.10. The first-order valence-electron chi connectivity index (χ1n) is 6.32. The van der Waals surface area contributed by atoms with Gasteiger partial charge in [0.1, 0.15) is 0 Å². The van der Waals surface area contributed by atoms with Crippen molar-refractivity contribution in [1.82, 2.24) is 10.1 Å². The van der Waals surface area contributed by atoms with Crippen LogP contribution < -0.4 is 5.73 Å². The molecule has 4 nitrogen and oxygen atoms in total. The lowest BCUT2D eigenvalue weighted by Gasteiger charge is -2.23. The highest BCUT2D eigenvalue weighted by Crippen LogP contribution is 2.30. The van der Waals surface area contributed by atoms with Crippen molar-refractivity contribution in [3.63, 3.8) is 0 Å². The third-order valence-corrected chi connectivity index (χ3v) is 4.40. The van der Waals surface area contributed by atoms with E-state index in [1.165, 1.54) is 4.90 Å². The number of hydrogen-bond donors (Lipinski definition) is 1. The summed E-state index contributed by atoms with van der Waals surface area (Å²) in [6.45, 7) is 6.16. The Kier molecular flexibility index (Phi) is 4.88. The van der Waals surface area contributed by atoms with Crippen LogP contribution in [0, 0.1) is 5.41 Å². The standard InChI is InChI=1S/C14H18BrN3OS/c1-14(2,3)12(16)13-17-11(18-19-13)8-20-10-6-4-9(15)5-7-10/h4-7,12H,8,16H2,1-3H3/t12-/m0/s1. The van der Waals surface area contributed by atoms with Gasteiger partial charge in [-0.2, -0.15) is 4.98 Å². The average Bonchev–Trinajstić information content (AvgIpc) is 2.85. The molecule has 2 aromatic rings. The Morgan fingerprint density at radius 2 is 1.95 bits per heavy atom. The van der Waals surface area contributed by atoms with Crippen LogP contribution in [0.5, 0.6) is 0 Å². The smallest absolute Gasteiger partial charge is 0.244 e. The summed E-state index contributed by atoms with van der Waals surface area (Å²) in [7, 11) is 0. The van der Waals surface area contributed by atoms with Gasteiger partial charge in [0.05, 0.1) is 11.8 Å². The van der Waals surface area contributed by atoms with Crippen molar-refractivity contribution in [2.75, 3.05) is 0 Å². The minimum atomic E-state index is -0.249. The molecule has 0 aliphatic carbocycles. The number of nitrogens with two attached hydrogens (primary N) is 1. The molecule has 108 valence electrons. The Bertz CT molecular complexity index is 563. The molecule has 0 saturated carbocycles. The zero-order valence-corrected chi connectivity index (χ0v) is 14.2. The van der Waals surface area contributed by atoms with Gasteiger partial charge < -0.3 is 10.3 Å². The van der Waals surface area contributed by atoms with Gasteiger partial charge in [-0.25, -0.2) is 0 Å². The van der Waals surface area contributed by atoms with Crippen molar-refractivity contribution in [2.24, 2.45) is 11.1 Å². The average molecular weight is 356 g/mol. The second kappa shape index (κ2) is 6.28. The maximum atomic E-state index is 6.10. The quantitative estimate of drug-likeness (QED) is 0.833. The number of halogens is 1. The number of rotatable bonds is 4. The fourth-order valence-corrected chi connectivity index (χ4v) is 2.51. The van der Waals surface area contributed by atoms with Gasteiger partial charge in [0.2, 0.25) is 5.89 Å². The van der Waals surface area contributed by atoms with E-state index in [4.69, 9.17) is 10.3 Å². The van der Waals surface area contributed by atoms with E-state index in [0.29, 0.717) is 17.5 Å². The second-order valence-corrected chi connectivity index (χ2v) is 7.60. The number of aromatic nitrogens is 2. The largest absolute Gasteiger partial charge is 0.338 e. The monoisotopic (exact) mass is 355 g/mol. The molecular formula is C14H18BrN3OS. The zero-order valence-electron chi connectivity index (χ0n) is 11.8. The van der Waals surface area contributed by atoms with Crippen molar-refractivity contribution >= 4 is 27.7 Å². The highest BCUT2D eigenvalue weighted by atomic mass is 79.9. The predicted octanol–water partition coefficient (Wildman–Crippen LogP) is 4.17. The van der Waals surface area contributed by atoms with E-state index in [0.717, 1.165) is 4.47 Å². The first-order valence-corrected chi connectivity index (χ1v) is 8.10. The molecule has 0 radical (unpaired) electrons. The van der Waals surface area contributed by atoms with Gasteiger partial charge in [0.15, 0.2) is 5.82 Å². The molecule has 0 saturated heterocycles. The molecule has 1 aromatic carbocycles. The molecule has 20 heavy (non-hydrogen) atoms. The summed E-state index contributed by atoms with van der Waals surface area (Å²) in [5.74, 6) is 1.85. The molecule has 1 heterocycles. The second-order valence-electron chi connectivity index (χ2n) is 5.64. The van der Waals surface area contributed by atoms with E-state index in [2.05, 4.69) is 59.0 Å². The molecule has 0 bridgehead atoms. The van der Waals surface area contributed by atoms with Crippen LogP contribution in [0.3, 0.4) is 0 Å². The van der Waals surface area contributed by atoms with Crippen molar-refractivity contribution < 1.29 is 4.52 Å². The maximum absolute atomic E-state index is 6.10. The van der Waals surface area contributed by atoms with Gasteiger partial charge in [0.25, 0.3) is 0 Å². The van der Waals surface area contributed by atoms with Crippen molar-refractivity contribution in [1.29, 1.82) is 0 Å². The number of thioether (sulfide) groups is 1. The summed E-state index contributed by atoms with van der Waals surface area (Å²) in [6, 6.07) is 7.88. The van der Waals surface area contributed by atoms with Gasteiger partial charge >= 0.3 is 0 Å². The molecule has 1 aromatic heterocycles. The molecule has 0 unspecified atom stereocenters. The predicted molar refractivity (Wildman–Crippen MR) is 84.4 cm³/mol. The number of hydrogen-bond acceptors (Lipinski definition) is 5. The molecule has 6 heteroatoms. The normalized spacial score (nSPS) is 13.4. The van der Waals surface area contributed by atoms with Crippen molar-refractivity contribution in [3.8, 4) is 0 Å². The van der Waals surface area contributed by atoms with Crippen LogP contribution in [-0.2, 0) is 5.75 Å². The van der Waals surface area contributed by atoms with Crippen LogP contribution >= 0.6 is 27.7 Å². The molecule has 0 aliphatic heterocycles. The molecule has 0 amide bonds. The lowest BCUT2D eigenvalue weighted by Crippen LogP contribution is -2.26. The van der Waals surface area contributed by atoms with Gasteiger partial charge in [-0.1, -0.05) is 41.9 Å². The Balaban J connectivity index is 1.98. The van der Waals surface area contributed by atoms with Gasteiger partial charge in [-0.05, 0) is 29.7 Å². The lowest BCUT2D eigenvalue weighted by molar-refractivity contribution is 0.252. The fourth-order valence-electron chi connectivity index (χ4n) is 1.50. The molecule has 0 spiro atoms. The first-order chi connectivity index (χ1) is 9.36. The third-order valence-electron chi connectivity index (χ3n) is 2.86. The van der Waals surface area contributed by atoms with Crippen LogP contribution in [0.2, 0.25) is 0 Å². The van der Waals surface area contributed by atoms with E-state index in [-0.39, 0.29) is 11.5 Å². The Morgan fingerprint density at radius 1 is 1.30 bits per heavy atom. The fraction of sp³-hybridized carbons (Fsp3) is 0.429. The summed E-state index contributed by atoms with van der Waals surface area (Å²) in [4.78, 5) is 5.54. The Hall–Kier alpha value is -0.850. The molecule has 0 aliphatic rings. The van der Waals surface area contributed by atoms with Crippen LogP contribution in [0.15, 0.2) is 38.2 Å². The summed E-state index contributed by atoms with van der Waals surface area (Å²) in [6.07, 6.45) is 0. The summed E-state index contributed by atoms with van der Waals surface area (Å²) >= 11 is 5.08. The summed E-state index contributed by atoms with van der Waals surface area (Å²) in [5, 5.41) is 3.99.